The summed E-state index contributed by atoms with van der Waals surface area (Å²) < 4.78 is 15.7. The van der Waals surface area contributed by atoms with E-state index in [2.05, 4.69) is 0 Å². The molecule has 0 amide bonds. The van der Waals surface area contributed by atoms with E-state index in [-0.39, 0.29) is 27.9 Å². The van der Waals surface area contributed by atoms with Crippen LogP contribution in [0.15, 0.2) is 30.3 Å². The number of phenols is 1. The summed E-state index contributed by atoms with van der Waals surface area (Å²) in [7, 11) is 0. The van der Waals surface area contributed by atoms with Gasteiger partial charge >= 0.3 is 0 Å². The molecule has 0 saturated heterocycles. The third-order valence-corrected chi connectivity index (χ3v) is 4.81. The van der Waals surface area contributed by atoms with Gasteiger partial charge in [0.15, 0.2) is 11.6 Å². The van der Waals surface area contributed by atoms with E-state index in [1.165, 1.54) is 34.9 Å². The zero-order valence-corrected chi connectivity index (χ0v) is 14.5. The van der Waals surface area contributed by atoms with Crippen molar-refractivity contribution < 1.29 is 19.1 Å². The molecule has 128 valence electrons. The predicted molar refractivity (Wildman–Crippen MR) is 94.3 cm³/mol. The Kier molecular flexibility index (Phi) is 4.54. The molecule has 0 aliphatic rings. The van der Waals surface area contributed by atoms with Gasteiger partial charge in [-0.2, -0.15) is 0 Å². The zero-order chi connectivity index (χ0) is 18.3. The maximum Gasteiger partial charge on any atom is 0.262 e. The second kappa shape index (κ2) is 6.50. The fraction of sp³-hybridized carbons (Fsp3) is 0.111. The van der Waals surface area contributed by atoms with Crippen molar-refractivity contribution in [2.45, 2.75) is 13.3 Å². The summed E-state index contributed by atoms with van der Waals surface area (Å²) in [6.07, 6.45) is 0.545. The summed E-state index contributed by atoms with van der Waals surface area (Å²) in [5, 5.41) is 10.2. The van der Waals surface area contributed by atoms with Gasteiger partial charge in [-0.05, 0) is 42.8 Å². The SMILES string of the molecule is Cc1c(CC=O)c2c(F)c(O)ccc2n1C(=O)c1ccc(Cl)c(Cl)c1. The quantitative estimate of drug-likeness (QED) is 0.680. The largest absolute Gasteiger partial charge is 0.505 e. The second-order valence-corrected chi connectivity index (χ2v) is 6.31. The number of fused-ring (bicyclic) bond motifs is 1. The number of rotatable bonds is 3. The van der Waals surface area contributed by atoms with E-state index >= 15 is 0 Å². The van der Waals surface area contributed by atoms with Crippen molar-refractivity contribution in [2.75, 3.05) is 0 Å². The molecule has 1 heterocycles. The topological polar surface area (TPSA) is 59.3 Å². The molecular formula is C18H12Cl2FNO3. The number of benzene rings is 2. The molecule has 25 heavy (non-hydrogen) atoms. The smallest absolute Gasteiger partial charge is 0.262 e. The summed E-state index contributed by atoms with van der Waals surface area (Å²) in [6.45, 7) is 1.62. The molecular weight excluding hydrogens is 368 g/mol. The molecule has 0 radical (unpaired) electrons. The van der Waals surface area contributed by atoms with Crippen LogP contribution >= 0.6 is 23.2 Å². The first-order valence-corrected chi connectivity index (χ1v) is 8.07. The van der Waals surface area contributed by atoms with Crippen LogP contribution < -0.4 is 0 Å². The van der Waals surface area contributed by atoms with E-state index in [1.54, 1.807) is 6.92 Å². The van der Waals surface area contributed by atoms with Crippen molar-refractivity contribution >= 4 is 46.3 Å². The number of phenolic OH excluding ortho intramolecular Hbond substituents is 1. The fourth-order valence-electron chi connectivity index (χ4n) is 2.88. The van der Waals surface area contributed by atoms with Crippen LogP contribution in [0.5, 0.6) is 5.75 Å². The minimum Gasteiger partial charge on any atom is -0.505 e. The van der Waals surface area contributed by atoms with Crippen LogP contribution in [-0.2, 0) is 11.2 Å². The fourth-order valence-corrected chi connectivity index (χ4v) is 3.18. The van der Waals surface area contributed by atoms with Gasteiger partial charge in [0, 0.05) is 23.1 Å². The third-order valence-electron chi connectivity index (χ3n) is 4.07. The molecule has 3 aromatic rings. The number of aldehydes is 1. The van der Waals surface area contributed by atoms with Crippen molar-refractivity contribution in [3.8, 4) is 5.75 Å². The van der Waals surface area contributed by atoms with E-state index in [1.807, 2.05) is 0 Å². The number of carbonyl (C=O) groups excluding carboxylic acids is 2. The summed E-state index contributed by atoms with van der Waals surface area (Å²) >= 11 is 11.8. The molecule has 0 aliphatic heterocycles. The minimum atomic E-state index is -0.863. The lowest BCUT2D eigenvalue weighted by Crippen LogP contribution is -2.13. The van der Waals surface area contributed by atoms with Crippen molar-refractivity contribution in [2.24, 2.45) is 0 Å². The summed E-state index contributed by atoms with van der Waals surface area (Å²) in [4.78, 5) is 23.9. The van der Waals surface area contributed by atoms with Gasteiger partial charge < -0.3 is 9.90 Å². The second-order valence-electron chi connectivity index (χ2n) is 5.50. The van der Waals surface area contributed by atoms with Crippen molar-refractivity contribution in [3.63, 3.8) is 0 Å². The van der Waals surface area contributed by atoms with Gasteiger partial charge in [-0.25, -0.2) is 4.39 Å². The Balaban J connectivity index is 2.30. The van der Waals surface area contributed by atoms with Gasteiger partial charge in [-0.3, -0.25) is 9.36 Å². The predicted octanol–water partition coefficient (Wildman–Crippen LogP) is 4.53. The Morgan fingerprint density at radius 1 is 1.24 bits per heavy atom. The Hall–Kier alpha value is -2.37. The van der Waals surface area contributed by atoms with E-state index in [0.29, 0.717) is 22.6 Å². The van der Waals surface area contributed by atoms with Gasteiger partial charge in [0.25, 0.3) is 5.91 Å². The first-order valence-electron chi connectivity index (χ1n) is 7.31. The molecule has 1 N–H and O–H groups in total. The van der Waals surface area contributed by atoms with Gasteiger partial charge in [0.05, 0.1) is 15.6 Å². The highest BCUT2D eigenvalue weighted by Gasteiger charge is 2.23. The number of nitrogens with zero attached hydrogens (tertiary/aromatic N) is 1. The highest BCUT2D eigenvalue weighted by Crippen LogP contribution is 2.33. The molecule has 0 aliphatic carbocycles. The molecule has 0 atom stereocenters. The first-order chi connectivity index (χ1) is 11.9. The Morgan fingerprint density at radius 3 is 2.60 bits per heavy atom. The summed E-state index contributed by atoms with van der Waals surface area (Å²) in [5.74, 6) is -1.85. The lowest BCUT2D eigenvalue weighted by Gasteiger charge is -2.08. The number of halogens is 3. The van der Waals surface area contributed by atoms with Crippen LogP contribution in [0.25, 0.3) is 10.9 Å². The van der Waals surface area contributed by atoms with Crippen molar-refractivity contribution in [1.82, 2.24) is 4.57 Å². The van der Waals surface area contributed by atoms with Gasteiger partial charge in [-0.1, -0.05) is 23.2 Å². The zero-order valence-electron chi connectivity index (χ0n) is 13.0. The van der Waals surface area contributed by atoms with E-state index in [0.717, 1.165) is 0 Å². The average Bonchev–Trinajstić information content (AvgIpc) is 2.86. The highest BCUT2D eigenvalue weighted by atomic mass is 35.5. The van der Waals surface area contributed by atoms with E-state index in [4.69, 9.17) is 23.2 Å². The molecule has 7 heteroatoms. The Morgan fingerprint density at radius 2 is 1.96 bits per heavy atom. The Bertz CT molecular complexity index is 1030. The van der Waals surface area contributed by atoms with Crippen LogP contribution in [0.4, 0.5) is 4.39 Å². The standard InChI is InChI=1S/C18H12Cl2FNO3/c1-9-11(6-7-23)16-14(4-5-15(24)17(16)21)22(9)18(25)10-2-3-12(19)13(20)8-10/h2-5,7-8,24H,6H2,1H3. The normalized spacial score (nSPS) is 11.0. The first kappa shape index (κ1) is 17.5. The molecule has 0 unspecified atom stereocenters. The number of hydrogen-bond donors (Lipinski definition) is 1. The van der Waals surface area contributed by atoms with Crippen molar-refractivity contribution in [1.29, 1.82) is 0 Å². The van der Waals surface area contributed by atoms with Gasteiger partial charge in [0.2, 0.25) is 0 Å². The summed E-state index contributed by atoms with van der Waals surface area (Å²) in [6, 6.07) is 7.04. The van der Waals surface area contributed by atoms with Crippen LogP contribution in [0.3, 0.4) is 0 Å². The highest BCUT2D eigenvalue weighted by molar-refractivity contribution is 6.42. The molecule has 0 fully saturated rings. The van der Waals surface area contributed by atoms with Gasteiger partial charge in [-0.15, -0.1) is 0 Å². The van der Waals surface area contributed by atoms with Crippen LogP contribution in [0.2, 0.25) is 10.0 Å². The number of aromatic hydroxyl groups is 1. The Labute approximate surface area is 152 Å². The number of aromatic nitrogens is 1. The molecule has 0 bridgehead atoms. The summed E-state index contributed by atoms with van der Waals surface area (Å²) in [5.41, 5.74) is 1.30. The molecule has 3 rings (SSSR count). The number of carbonyl (C=O) groups is 2. The monoisotopic (exact) mass is 379 g/mol. The third kappa shape index (κ3) is 2.79. The van der Waals surface area contributed by atoms with Gasteiger partial charge in [0.1, 0.15) is 6.29 Å². The maximum absolute atomic E-state index is 14.4. The lowest BCUT2D eigenvalue weighted by molar-refractivity contribution is -0.107. The molecule has 2 aromatic carbocycles. The van der Waals surface area contributed by atoms with Crippen LogP contribution in [0.1, 0.15) is 21.6 Å². The lowest BCUT2D eigenvalue weighted by atomic mass is 10.1. The van der Waals surface area contributed by atoms with Crippen LogP contribution in [0, 0.1) is 12.7 Å². The average molecular weight is 380 g/mol. The molecule has 0 saturated carbocycles. The van der Waals surface area contributed by atoms with Crippen molar-refractivity contribution in [3.05, 3.63) is 63.0 Å². The molecule has 0 spiro atoms. The molecule has 4 nitrogen and oxygen atoms in total. The van der Waals surface area contributed by atoms with E-state index < -0.39 is 17.5 Å². The molecule has 1 aromatic heterocycles. The van der Waals surface area contributed by atoms with E-state index in [9.17, 15) is 19.1 Å². The minimum absolute atomic E-state index is 0.0537. The number of hydrogen-bond acceptors (Lipinski definition) is 3. The maximum atomic E-state index is 14.4. The van der Waals surface area contributed by atoms with Crippen LogP contribution in [-0.4, -0.2) is 21.9 Å².